The predicted molar refractivity (Wildman–Crippen MR) is 94.8 cm³/mol. The van der Waals surface area contributed by atoms with Crippen molar-refractivity contribution >= 4 is 17.5 Å². The van der Waals surface area contributed by atoms with Crippen molar-refractivity contribution in [1.82, 2.24) is 9.80 Å². The lowest BCUT2D eigenvalue weighted by Gasteiger charge is -2.37. The van der Waals surface area contributed by atoms with Crippen LogP contribution in [0.1, 0.15) is 32.6 Å². The summed E-state index contributed by atoms with van der Waals surface area (Å²) in [6, 6.07) is 6.68. The van der Waals surface area contributed by atoms with E-state index in [1.165, 1.54) is 12.1 Å². The number of piperazine rings is 1. The van der Waals surface area contributed by atoms with Crippen LogP contribution in [0.25, 0.3) is 0 Å². The molecule has 0 aromatic heterocycles. The van der Waals surface area contributed by atoms with Gasteiger partial charge in [0.2, 0.25) is 11.8 Å². The fourth-order valence-electron chi connectivity index (χ4n) is 3.83. The van der Waals surface area contributed by atoms with E-state index < -0.39 is 0 Å². The average molecular weight is 347 g/mol. The van der Waals surface area contributed by atoms with E-state index in [-0.39, 0.29) is 30.2 Å². The van der Waals surface area contributed by atoms with E-state index in [9.17, 15) is 14.0 Å². The van der Waals surface area contributed by atoms with Gasteiger partial charge in [-0.25, -0.2) is 4.39 Å². The van der Waals surface area contributed by atoms with Gasteiger partial charge in [-0.15, -0.1) is 0 Å². The van der Waals surface area contributed by atoms with E-state index >= 15 is 0 Å². The summed E-state index contributed by atoms with van der Waals surface area (Å²) in [7, 11) is 0. The Kier molecular flexibility index (Phi) is 5.56. The summed E-state index contributed by atoms with van der Waals surface area (Å²) in [5, 5.41) is 0. The van der Waals surface area contributed by atoms with Gasteiger partial charge in [-0.3, -0.25) is 9.59 Å². The van der Waals surface area contributed by atoms with Gasteiger partial charge in [0.1, 0.15) is 5.82 Å². The van der Waals surface area contributed by atoms with E-state index in [4.69, 9.17) is 0 Å². The Morgan fingerprint density at radius 2 is 1.68 bits per heavy atom. The summed E-state index contributed by atoms with van der Waals surface area (Å²) < 4.78 is 13.0. The van der Waals surface area contributed by atoms with Crippen molar-refractivity contribution in [2.24, 2.45) is 0 Å². The maximum atomic E-state index is 13.0. The molecule has 2 amide bonds. The van der Waals surface area contributed by atoms with Gasteiger partial charge < -0.3 is 14.7 Å². The van der Waals surface area contributed by atoms with E-state index in [1.807, 2.05) is 4.90 Å². The zero-order chi connectivity index (χ0) is 17.8. The normalized spacial score (nSPS) is 18.5. The van der Waals surface area contributed by atoms with Crippen molar-refractivity contribution in [3.05, 3.63) is 30.1 Å². The number of carbonyl (C=O) groups is 2. The third-order valence-electron chi connectivity index (χ3n) is 5.30. The molecule has 1 aliphatic carbocycles. The van der Waals surface area contributed by atoms with Gasteiger partial charge in [0.05, 0.1) is 6.54 Å². The highest BCUT2D eigenvalue weighted by atomic mass is 19.1. The van der Waals surface area contributed by atoms with Crippen molar-refractivity contribution in [1.29, 1.82) is 0 Å². The summed E-state index contributed by atoms with van der Waals surface area (Å²) >= 11 is 0. The first-order chi connectivity index (χ1) is 12.0. The van der Waals surface area contributed by atoms with Crippen LogP contribution in [0, 0.1) is 5.82 Å². The third-order valence-corrected chi connectivity index (χ3v) is 5.30. The van der Waals surface area contributed by atoms with Crippen LogP contribution in [-0.4, -0.2) is 60.4 Å². The zero-order valence-corrected chi connectivity index (χ0v) is 14.8. The Morgan fingerprint density at radius 1 is 1.08 bits per heavy atom. The molecule has 1 aromatic rings. The summed E-state index contributed by atoms with van der Waals surface area (Å²) in [4.78, 5) is 30.3. The molecule has 0 spiro atoms. The second kappa shape index (κ2) is 7.85. The number of anilines is 1. The number of nitrogens with zero attached hydrogens (tertiary/aromatic N) is 3. The maximum absolute atomic E-state index is 13.0. The van der Waals surface area contributed by atoms with E-state index in [1.54, 1.807) is 24.0 Å². The third kappa shape index (κ3) is 4.30. The van der Waals surface area contributed by atoms with E-state index in [2.05, 4.69) is 4.90 Å². The minimum absolute atomic E-state index is 0.00908. The number of hydrogen-bond acceptors (Lipinski definition) is 3. The fourth-order valence-corrected chi connectivity index (χ4v) is 3.83. The predicted octanol–water partition coefficient (Wildman–Crippen LogP) is 2.27. The van der Waals surface area contributed by atoms with E-state index in [0.29, 0.717) is 13.1 Å². The molecule has 2 aliphatic rings. The Labute approximate surface area is 148 Å². The van der Waals surface area contributed by atoms with Crippen molar-refractivity contribution < 1.29 is 14.0 Å². The zero-order valence-electron chi connectivity index (χ0n) is 14.8. The molecular formula is C19H26FN3O2. The van der Waals surface area contributed by atoms with Gasteiger partial charge in [0.25, 0.3) is 0 Å². The molecule has 6 heteroatoms. The topological polar surface area (TPSA) is 43.9 Å². The quantitative estimate of drug-likeness (QED) is 0.839. The van der Waals surface area contributed by atoms with Crippen LogP contribution < -0.4 is 4.90 Å². The molecule has 2 fully saturated rings. The molecule has 136 valence electrons. The van der Waals surface area contributed by atoms with E-state index in [0.717, 1.165) is 44.5 Å². The molecule has 1 saturated carbocycles. The Balaban J connectivity index is 1.53. The molecule has 1 aromatic carbocycles. The van der Waals surface area contributed by atoms with Crippen LogP contribution in [0.5, 0.6) is 0 Å². The molecule has 0 unspecified atom stereocenters. The second-order valence-corrected chi connectivity index (χ2v) is 6.93. The molecule has 3 rings (SSSR count). The van der Waals surface area contributed by atoms with Crippen LogP contribution in [0.15, 0.2) is 24.3 Å². The van der Waals surface area contributed by atoms with Crippen LogP contribution in [0.3, 0.4) is 0 Å². The largest absolute Gasteiger partial charge is 0.368 e. The molecule has 0 N–H and O–H groups in total. The Morgan fingerprint density at radius 3 is 2.24 bits per heavy atom. The highest BCUT2D eigenvalue weighted by molar-refractivity contribution is 5.84. The van der Waals surface area contributed by atoms with Crippen LogP contribution >= 0.6 is 0 Å². The summed E-state index contributed by atoms with van der Waals surface area (Å²) in [5.74, 6) is -0.222. The van der Waals surface area contributed by atoms with Gasteiger partial charge in [-0.05, 0) is 37.1 Å². The van der Waals surface area contributed by atoms with Crippen molar-refractivity contribution in [2.45, 2.75) is 38.6 Å². The molecule has 25 heavy (non-hydrogen) atoms. The highest BCUT2D eigenvalue weighted by Gasteiger charge is 2.29. The molecule has 1 saturated heterocycles. The van der Waals surface area contributed by atoms with Crippen LogP contribution in [-0.2, 0) is 9.59 Å². The van der Waals surface area contributed by atoms with Gasteiger partial charge in [-0.2, -0.15) is 0 Å². The Bertz CT molecular complexity index is 606. The molecule has 1 heterocycles. The number of halogens is 1. The van der Waals surface area contributed by atoms with Gasteiger partial charge in [0.15, 0.2) is 0 Å². The monoisotopic (exact) mass is 347 g/mol. The van der Waals surface area contributed by atoms with Crippen molar-refractivity contribution in [2.75, 3.05) is 37.6 Å². The fraction of sp³-hybridized carbons (Fsp3) is 0.579. The van der Waals surface area contributed by atoms with Gasteiger partial charge >= 0.3 is 0 Å². The smallest absolute Gasteiger partial charge is 0.242 e. The number of rotatable bonds is 4. The summed E-state index contributed by atoms with van der Waals surface area (Å²) in [6.07, 6.45) is 4.29. The molecular weight excluding hydrogens is 321 g/mol. The maximum Gasteiger partial charge on any atom is 0.242 e. The van der Waals surface area contributed by atoms with Crippen molar-refractivity contribution in [3.8, 4) is 0 Å². The first kappa shape index (κ1) is 17.7. The molecule has 0 radical (unpaired) electrons. The molecule has 0 bridgehead atoms. The standard InChI is InChI=1S/C19H26FN3O2/c1-15(24)23(18-4-2-3-5-18)14-19(25)22-12-10-21(11-13-22)17-8-6-16(20)7-9-17/h6-9,18H,2-5,10-14H2,1H3. The Hall–Kier alpha value is -2.11. The van der Waals surface area contributed by atoms with Crippen LogP contribution in [0.2, 0.25) is 0 Å². The first-order valence-electron chi connectivity index (χ1n) is 9.10. The lowest BCUT2D eigenvalue weighted by molar-refractivity contribution is -0.141. The first-order valence-corrected chi connectivity index (χ1v) is 9.10. The minimum atomic E-state index is -0.242. The second-order valence-electron chi connectivity index (χ2n) is 6.93. The number of benzene rings is 1. The van der Waals surface area contributed by atoms with Gasteiger partial charge in [-0.1, -0.05) is 12.8 Å². The molecule has 5 nitrogen and oxygen atoms in total. The summed E-state index contributed by atoms with van der Waals surface area (Å²) in [5.41, 5.74) is 0.977. The minimum Gasteiger partial charge on any atom is -0.368 e. The average Bonchev–Trinajstić information content (AvgIpc) is 3.14. The molecule has 1 aliphatic heterocycles. The van der Waals surface area contributed by atoms with Crippen LogP contribution in [0.4, 0.5) is 10.1 Å². The number of amides is 2. The molecule has 0 atom stereocenters. The van der Waals surface area contributed by atoms with Gasteiger partial charge in [0, 0.05) is 44.8 Å². The highest BCUT2D eigenvalue weighted by Crippen LogP contribution is 2.24. The SMILES string of the molecule is CC(=O)N(CC(=O)N1CCN(c2ccc(F)cc2)CC1)C1CCCC1. The number of hydrogen-bond donors (Lipinski definition) is 0. The number of carbonyl (C=O) groups excluding carboxylic acids is 2. The van der Waals surface area contributed by atoms with Crippen molar-refractivity contribution in [3.63, 3.8) is 0 Å². The summed E-state index contributed by atoms with van der Waals surface area (Å²) in [6.45, 7) is 4.45. The lowest BCUT2D eigenvalue weighted by Crippen LogP contribution is -2.52. The lowest BCUT2D eigenvalue weighted by atomic mass is 10.2.